The van der Waals surface area contributed by atoms with Crippen molar-refractivity contribution in [1.29, 1.82) is 0 Å². The number of rotatable bonds is 13. The van der Waals surface area contributed by atoms with Gasteiger partial charge in [-0.2, -0.15) is 0 Å². The molecule has 1 aromatic heterocycles. The number of carbonyl (C=O) groups is 1. The summed E-state index contributed by atoms with van der Waals surface area (Å²) >= 11 is 0. The fraction of sp³-hybridized carbons (Fsp3) is 0.500. The summed E-state index contributed by atoms with van der Waals surface area (Å²) < 4.78 is 16.4. The van der Waals surface area contributed by atoms with Crippen LogP contribution in [0.1, 0.15) is 44.7 Å². The summed E-state index contributed by atoms with van der Waals surface area (Å²) in [7, 11) is 0. The Bertz CT molecular complexity index is 808. The topological polar surface area (TPSA) is 97.1 Å². The minimum Gasteiger partial charge on any atom is -0.491 e. The Morgan fingerprint density at radius 1 is 1.06 bits per heavy atom. The molecule has 2 rings (SSSR count). The van der Waals surface area contributed by atoms with E-state index in [9.17, 15) is 4.79 Å². The Morgan fingerprint density at radius 3 is 2.42 bits per heavy atom. The van der Waals surface area contributed by atoms with Crippen molar-refractivity contribution in [2.24, 2.45) is 10.9 Å². The number of nitrogens with one attached hydrogen (secondary N) is 3. The normalized spacial score (nSPS) is 11.3. The standard InChI is InChI=1S/C24H36N4O4.HI/c1-18(2)17-30-15-6-12-26-24(27-14-13-25-23(29)22-7-5-16-31-22)28-20-8-10-21(11-9-20)32-19(3)4;/h5,7-11,16,18-19H,6,12-15,17H2,1-4H3,(H,25,29)(H2,26,27,28);1H. The number of carbonyl (C=O) groups excluding carboxylic acids is 1. The van der Waals surface area contributed by atoms with Crippen LogP contribution in [0.25, 0.3) is 0 Å². The highest BCUT2D eigenvalue weighted by molar-refractivity contribution is 14.0. The number of amides is 1. The first-order chi connectivity index (χ1) is 15.4. The predicted molar refractivity (Wildman–Crippen MR) is 143 cm³/mol. The molecule has 0 spiro atoms. The van der Waals surface area contributed by atoms with Gasteiger partial charge in [0.1, 0.15) is 5.75 Å². The molecule has 1 aromatic carbocycles. The molecule has 3 N–H and O–H groups in total. The van der Waals surface area contributed by atoms with E-state index >= 15 is 0 Å². The molecule has 0 fully saturated rings. The zero-order valence-corrected chi connectivity index (χ0v) is 22.3. The summed E-state index contributed by atoms with van der Waals surface area (Å²) in [6.07, 6.45) is 2.43. The van der Waals surface area contributed by atoms with Gasteiger partial charge in [-0.25, -0.2) is 0 Å². The maximum atomic E-state index is 12.0. The first kappa shape index (κ1) is 28.8. The van der Waals surface area contributed by atoms with E-state index in [-0.39, 0.29) is 36.0 Å². The van der Waals surface area contributed by atoms with E-state index in [1.165, 1.54) is 6.26 Å². The van der Waals surface area contributed by atoms with Crippen LogP contribution in [0.4, 0.5) is 5.69 Å². The van der Waals surface area contributed by atoms with Crippen molar-refractivity contribution < 1.29 is 18.7 Å². The van der Waals surface area contributed by atoms with Crippen molar-refractivity contribution in [2.45, 2.75) is 40.2 Å². The highest BCUT2D eigenvalue weighted by Gasteiger charge is 2.07. The molecule has 0 radical (unpaired) electrons. The van der Waals surface area contributed by atoms with Crippen LogP contribution in [-0.4, -0.2) is 50.8 Å². The average Bonchev–Trinajstić information content (AvgIpc) is 3.29. The maximum absolute atomic E-state index is 12.0. The Labute approximate surface area is 213 Å². The van der Waals surface area contributed by atoms with Gasteiger partial charge in [-0.1, -0.05) is 13.8 Å². The second-order valence-electron chi connectivity index (χ2n) is 8.03. The molecule has 0 aliphatic rings. The largest absolute Gasteiger partial charge is 0.491 e. The van der Waals surface area contributed by atoms with Crippen LogP contribution in [0.3, 0.4) is 0 Å². The first-order valence-corrected chi connectivity index (χ1v) is 11.2. The lowest BCUT2D eigenvalue weighted by Gasteiger charge is -2.14. The predicted octanol–water partition coefficient (Wildman–Crippen LogP) is 4.54. The molecular weight excluding hydrogens is 535 g/mol. The fourth-order valence-corrected chi connectivity index (χ4v) is 2.69. The molecule has 33 heavy (non-hydrogen) atoms. The fourth-order valence-electron chi connectivity index (χ4n) is 2.69. The number of anilines is 1. The summed E-state index contributed by atoms with van der Waals surface area (Å²) in [5, 5.41) is 9.35. The zero-order chi connectivity index (χ0) is 23.2. The van der Waals surface area contributed by atoms with Gasteiger partial charge in [0.2, 0.25) is 0 Å². The molecule has 0 unspecified atom stereocenters. The lowest BCUT2D eigenvalue weighted by Crippen LogP contribution is -2.38. The number of hydrogen-bond acceptors (Lipinski definition) is 5. The monoisotopic (exact) mass is 572 g/mol. The Hall–Kier alpha value is -2.27. The summed E-state index contributed by atoms with van der Waals surface area (Å²) in [4.78, 5) is 16.6. The molecule has 184 valence electrons. The Kier molecular flexibility index (Phi) is 14.3. The molecule has 8 nitrogen and oxygen atoms in total. The van der Waals surface area contributed by atoms with Gasteiger partial charge in [-0.15, -0.1) is 24.0 Å². The van der Waals surface area contributed by atoms with Crippen LogP contribution >= 0.6 is 24.0 Å². The summed E-state index contributed by atoms with van der Waals surface area (Å²) in [6, 6.07) is 11.0. The van der Waals surface area contributed by atoms with Crippen LogP contribution in [-0.2, 0) is 4.74 Å². The van der Waals surface area contributed by atoms with Gasteiger partial charge < -0.3 is 29.8 Å². The van der Waals surface area contributed by atoms with E-state index < -0.39 is 0 Å². The van der Waals surface area contributed by atoms with Gasteiger partial charge in [0, 0.05) is 38.5 Å². The number of nitrogens with zero attached hydrogens (tertiary/aromatic N) is 1. The SMILES string of the molecule is CC(C)COCCCN=C(NCCNC(=O)c1ccco1)Nc1ccc(OC(C)C)cc1.I. The number of halogens is 1. The van der Waals surface area contributed by atoms with Gasteiger partial charge in [0.05, 0.1) is 12.4 Å². The lowest BCUT2D eigenvalue weighted by molar-refractivity contribution is 0.0926. The second-order valence-corrected chi connectivity index (χ2v) is 8.03. The summed E-state index contributed by atoms with van der Waals surface area (Å²) in [6.45, 7) is 11.3. The number of ether oxygens (including phenoxy) is 2. The van der Waals surface area contributed by atoms with Crippen molar-refractivity contribution in [3.8, 4) is 5.75 Å². The molecule has 2 aromatic rings. The van der Waals surface area contributed by atoms with E-state index in [1.54, 1.807) is 12.1 Å². The van der Waals surface area contributed by atoms with E-state index in [2.05, 4.69) is 34.8 Å². The van der Waals surface area contributed by atoms with Crippen molar-refractivity contribution in [3.05, 3.63) is 48.4 Å². The van der Waals surface area contributed by atoms with E-state index in [0.29, 0.717) is 43.9 Å². The summed E-state index contributed by atoms with van der Waals surface area (Å²) in [5.74, 6) is 2.03. The molecule has 0 saturated heterocycles. The first-order valence-electron chi connectivity index (χ1n) is 11.2. The second kappa shape index (κ2) is 16.4. The number of hydrogen-bond donors (Lipinski definition) is 3. The van der Waals surface area contributed by atoms with Crippen molar-refractivity contribution >= 4 is 41.5 Å². The molecular formula is C24H37IN4O4. The van der Waals surface area contributed by atoms with E-state index in [0.717, 1.165) is 24.5 Å². The molecule has 0 aliphatic heterocycles. The van der Waals surface area contributed by atoms with Crippen LogP contribution < -0.4 is 20.7 Å². The smallest absolute Gasteiger partial charge is 0.287 e. The number of guanidine groups is 1. The van der Waals surface area contributed by atoms with Crippen molar-refractivity contribution in [2.75, 3.05) is 38.2 Å². The number of benzene rings is 1. The van der Waals surface area contributed by atoms with Crippen LogP contribution in [0, 0.1) is 5.92 Å². The van der Waals surface area contributed by atoms with Crippen LogP contribution in [0.5, 0.6) is 5.75 Å². The third kappa shape index (κ3) is 12.5. The van der Waals surface area contributed by atoms with Gasteiger partial charge >= 0.3 is 0 Å². The molecule has 1 heterocycles. The van der Waals surface area contributed by atoms with Gasteiger partial charge in [0.15, 0.2) is 11.7 Å². The molecule has 0 atom stereocenters. The van der Waals surface area contributed by atoms with E-state index in [4.69, 9.17) is 13.9 Å². The number of furan rings is 1. The third-order valence-corrected chi connectivity index (χ3v) is 4.10. The average molecular weight is 572 g/mol. The van der Waals surface area contributed by atoms with Gasteiger partial charge in [0.25, 0.3) is 5.91 Å². The molecule has 0 aliphatic carbocycles. The zero-order valence-electron chi connectivity index (χ0n) is 19.9. The van der Waals surface area contributed by atoms with Crippen molar-refractivity contribution in [3.63, 3.8) is 0 Å². The highest BCUT2D eigenvalue weighted by atomic mass is 127. The summed E-state index contributed by atoms with van der Waals surface area (Å²) in [5.41, 5.74) is 0.892. The Balaban J connectivity index is 0.00000544. The van der Waals surface area contributed by atoms with Crippen LogP contribution in [0.15, 0.2) is 52.1 Å². The maximum Gasteiger partial charge on any atom is 0.287 e. The molecule has 0 bridgehead atoms. The van der Waals surface area contributed by atoms with Gasteiger partial charge in [-0.05, 0) is 62.6 Å². The van der Waals surface area contributed by atoms with Crippen molar-refractivity contribution in [1.82, 2.24) is 10.6 Å². The van der Waals surface area contributed by atoms with E-state index in [1.807, 2.05) is 38.1 Å². The number of aliphatic imine (C=N–C) groups is 1. The molecule has 9 heteroatoms. The highest BCUT2D eigenvalue weighted by Crippen LogP contribution is 2.16. The lowest BCUT2D eigenvalue weighted by atomic mass is 10.2. The minimum absolute atomic E-state index is 0. The molecule has 1 amide bonds. The third-order valence-electron chi connectivity index (χ3n) is 4.10. The van der Waals surface area contributed by atoms with Crippen LogP contribution in [0.2, 0.25) is 0 Å². The quantitative estimate of drug-likeness (QED) is 0.141. The van der Waals surface area contributed by atoms with Gasteiger partial charge in [-0.3, -0.25) is 9.79 Å². The Morgan fingerprint density at radius 2 is 1.79 bits per heavy atom. The molecule has 0 saturated carbocycles. The minimum atomic E-state index is -0.244.